The minimum Gasteiger partial charge on any atom is -0.0991 e. The fourth-order valence-electron chi connectivity index (χ4n) is 0.939. The van der Waals surface area contributed by atoms with Gasteiger partial charge in [-0.05, 0) is 25.0 Å². The monoisotopic (exact) mass is 186 g/mol. The van der Waals surface area contributed by atoms with Crippen molar-refractivity contribution < 1.29 is 0 Å². The molecule has 14 heavy (non-hydrogen) atoms. The van der Waals surface area contributed by atoms with E-state index >= 15 is 0 Å². The first-order chi connectivity index (χ1) is 6.76. The van der Waals surface area contributed by atoms with Crippen LogP contribution >= 0.6 is 0 Å². The minimum atomic E-state index is 1.13. The molecule has 0 radical (unpaired) electrons. The van der Waals surface area contributed by atoms with Gasteiger partial charge in [0, 0.05) is 0 Å². The van der Waals surface area contributed by atoms with Crippen molar-refractivity contribution in [2.24, 2.45) is 0 Å². The van der Waals surface area contributed by atoms with Gasteiger partial charge in [0.1, 0.15) is 0 Å². The molecule has 0 aromatic carbocycles. The topological polar surface area (TPSA) is 0 Å². The van der Waals surface area contributed by atoms with Gasteiger partial charge in [-0.1, -0.05) is 61.8 Å². The highest BCUT2D eigenvalue weighted by Gasteiger charge is 1.88. The van der Waals surface area contributed by atoms with Crippen LogP contribution in [0.1, 0.15) is 13.8 Å². The zero-order chi connectivity index (χ0) is 10.8. The fraction of sp³-hybridized carbons (Fsp3) is 0.143. The molecule has 0 heterocycles. The standard InChI is InChI=1S/C14H18/c1-5-8-10-12-14(7-3)13(4)11-9-6-2/h5-12H,2-3H2,1,4H3/b8-5-,11-9-,12-10-,14-13-. The normalized spacial score (nSPS) is 13.9. The second-order valence-corrected chi connectivity index (χ2v) is 2.82. The molecule has 0 aromatic heterocycles. The Balaban J connectivity index is 4.74. The summed E-state index contributed by atoms with van der Waals surface area (Å²) in [6.45, 7) is 11.4. The lowest BCUT2D eigenvalue weighted by atomic mass is 10.1. The molecule has 0 aliphatic carbocycles. The predicted octanol–water partition coefficient (Wildman–Crippen LogP) is 4.36. The van der Waals surface area contributed by atoms with E-state index in [2.05, 4.69) is 20.1 Å². The molecule has 0 spiro atoms. The predicted molar refractivity (Wildman–Crippen MR) is 66.2 cm³/mol. The Labute approximate surface area is 87.3 Å². The summed E-state index contributed by atoms with van der Waals surface area (Å²) < 4.78 is 0. The van der Waals surface area contributed by atoms with Gasteiger partial charge in [-0.25, -0.2) is 0 Å². The average Bonchev–Trinajstić information content (AvgIpc) is 2.21. The zero-order valence-corrected chi connectivity index (χ0v) is 9.03. The van der Waals surface area contributed by atoms with Crippen LogP contribution in [0.15, 0.2) is 72.9 Å². The molecule has 0 fully saturated rings. The third-order valence-electron chi connectivity index (χ3n) is 1.74. The third-order valence-corrected chi connectivity index (χ3v) is 1.74. The van der Waals surface area contributed by atoms with Crippen molar-refractivity contribution in [3.05, 3.63) is 72.9 Å². The highest BCUT2D eigenvalue weighted by Crippen LogP contribution is 2.08. The van der Waals surface area contributed by atoms with Gasteiger partial charge in [-0.2, -0.15) is 0 Å². The quantitative estimate of drug-likeness (QED) is 0.559. The van der Waals surface area contributed by atoms with Crippen molar-refractivity contribution >= 4 is 0 Å². The zero-order valence-electron chi connectivity index (χ0n) is 9.03. The second kappa shape index (κ2) is 8.06. The Hall–Kier alpha value is -1.56. The first-order valence-corrected chi connectivity index (χ1v) is 4.68. The van der Waals surface area contributed by atoms with Gasteiger partial charge in [-0.3, -0.25) is 0 Å². The van der Waals surface area contributed by atoms with Crippen LogP contribution in [-0.4, -0.2) is 0 Å². The van der Waals surface area contributed by atoms with Crippen molar-refractivity contribution in [3.63, 3.8) is 0 Å². The lowest BCUT2D eigenvalue weighted by Crippen LogP contribution is -1.77. The first-order valence-electron chi connectivity index (χ1n) is 4.68. The summed E-state index contributed by atoms with van der Waals surface area (Å²) in [6, 6.07) is 0. The van der Waals surface area contributed by atoms with Crippen molar-refractivity contribution in [2.75, 3.05) is 0 Å². The highest BCUT2D eigenvalue weighted by atomic mass is 13.9. The number of hydrogen-bond donors (Lipinski definition) is 0. The molecule has 0 bridgehead atoms. The Bertz CT molecular complexity index is 296. The largest absolute Gasteiger partial charge is 0.0991 e. The lowest BCUT2D eigenvalue weighted by molar-refractivity contribution is 1.45. The van der Waals surface area contributed by atoms with E-state index in [0.29, 0.717) is 0 Å². The maximum atomic E-state index is 3.78. The van der Waals surface area contributed by atoms with E-state index in [1.807, 2.05) is 49.5 Å². The minimum absolute atomic E-state index is 1.13. The van der Waals surface area contributed by atoms with Gasteiger partial charge < -0.3 is 0 Å². The Morgan fingerprint density at radius 2 is 1.71 bits per heavy atom. The summed E-state index contributed by atoms with van der Waals surface area (Å²) >= 11 is 0. The molecule has 0 atom stereocenters. The number of rotatable bonds is 5. The van der Waals surface area contributed by atoms with Crippen LogP contribution in [0.4, 0.5) is 0 Å². The number of hydrogen-bond acceptors (Lipinski definition) is 0. The van der Waals surface area contributed by atoms with E-state index < -0.39 is 0 Å². The van der Waals surface area contributed by atoms with Gasteiger partial charge in [0.15, 0.2) is 0 Å². The maximum Gasteiger partial charge on any atom is -0.0233 e. The van der Waals surface area contributed by atoms with Crippen LogP contribution < -0.4 is 0 Å². The van der Waals surface area contributed by atoms with E-state index in [4.69, 9.17) is 0 Å². The summed E-state index contributed by atoms with van der Waals surface area (Å²) in [4.78, 5) is 0. The van der Waals surface area contributed by atoms with Crippen LogP contribution in [0.2, 0.25) is 0 Å². The van der Waals surface area contributed by atoms with E-state index in [0.717, 1.165) is 5.57 Å². The molecular weight excluding hydrogens is 168 g/mol. The summed E-state index contributed by atoms with van der Waals surface area (Å²) in [7, 11) is 0. The van der Waals surface area contributed by atoms with E-state index in [1.54, 1.807) is 6.08 Å². The van der Waals surface area contributed by atoms with E-state index in [9.17, 15) is 0 Å². The summed E-state index contributed by atoms with van der Waals surface area (Å²) in [5.41, 5.74) is 2.31. The smallest absolute Gasteiger partial charge is 0.0233 e. The van der Waals surface area contributed by atoms with Gasteiger partial charge in [0.05, 0.1) is 0 Å². The molecule has 0 aromatic rings. The average molecular weight is 186 g/mol. The Morgan fingerprint density at radius 1 is 1.00 bits per heavy atom. The highest BCUT2D eigenvalue weighted by molar-refractivity contribution is 5.40. The fourth-order valence-corrected chi connectivity index (χ4v) is 0.939. The van der Waals surface area contributed by atoms with Gasteiger partial charge >= 0.3 is 0 Å². The van der Waals surface area contributed by atoms with Crippen LogP contribution in [0.3, 0.4) is 0 Å². The van der Waals surface area contributed by atoms with Crippen molar-refractivity contribution in [2.45, 2.75) is 13.8 Å². The van der Waals surface area contributed by atoms with Crippen LogP contribution in [0.25, 0.3) is 0 Å². The van der Waals surface area contributed by atoms with E-state index in [-0.39, 0.29) is 0 Å². The summed E-state index contributed by atoms with van der Waals surface area (Å²) in [6.07, 6.45) is 15.6. The Morgan fingerprint density at radius 3 is 2.21 bits per heavy atom. The molecule has 0 amide bonds. The van der Waals surface area contributed by atoms with Gasteiger partial charge in [0.2, 0.25) is 0 Å². The SMILES string of the molecule is C=C\C=C/C(C)=C(C=C)\C=C/C=C\C. The molecule has 0 nitrogen and oxygen atoms in total. The van der Waals surface area contributed by atoms with Gasteiger partial charge in [-0.15, -0.1) is 0 Å². The van der Waals surface area contributed by atoms with Crippen LogP contribution in [0.5, 0.6) is 0 Å². The number of allylic oxidation sites excluding steroid dienone is 10. The lowest BCUT2D eigenvalue weighted by Gasteiger charge is -1.97. The van der Waals surface area contributed by atoms with Crippen LogP contribution in [0, 0.1) is 0 Å². The van der Waals surface area contributed by atoms with Gasteiger partial charge in [0.25, 0.3) is 0 Å². The van der Waals surface area contributed by atoms with Crippen molar-refractivity contribution in [1.82, 2.24) is 0 Å². The molecule has 0 aliphatic heterocycles. The molecule has 0 unspecified atom stereocenters. The van der Waals surface area contributed by atoms with Crippen molar-refractivity contribution in [1.29, 1.82) is 0 Å². The molecular formula is C14H18. The Kier molecular flexibility index (Phi) is 7.16. The molecule has 0 saturated carbocycles. The van der Waals surface area contributed by atoms with Crippen molar-refractivity contribution in [3.8, 4) is 0 Å². The summed E-state index contributed by atoms with van der Waals surface area (Å²) in [5.74, 6) is 0. The molecule has 0 saturated heterocycles. The third kappa shape index (κ3) is 5.15. The van der Waals surface area contributed by atoms with Crippen LogP contribution in [-0.2, 0) is 0 Å². The summed E-state index contributed by atoms with van der Waals surface area (Å²) in [5, 5.41) is 0. The second-order valence-electron chi connectivity index (χ2n) is 2.82. The molecule has 0 rings (SSSR count). The van der Waals surface area contributed by atoms with E-state index in [1.165, 1.54) is 5.57 Å². The molecule has 0 aliphatic rings. The first kappa shape index (κ1) is 12.4. The molecule has 0 heteroatoms. The molecule has 0 N–H and O–H groups in total. The molecule has 74 valence electrons. The maximum absolute atomic E-state index is 3.78.